The van der Waals surface area contributed by atoms with E-state index in [2.05, 4.69) is 20.3 Å². The summed E-state index contributed by atoms with van der Waals surface area (Å²) in [5, 5.41) is 9.61. The van der Waals surface area contributed by atoms with Gasteiger partial charge < -0.3 is 15.8 Å². The van der Waals surface area contributed by atoms with E-state index in [1.807, 2.05) is 0 Å². The number of hydrogen-bond donors (Lipinski definition) is 3. The summed E-state index contributed by atoms with van der Waals surface area (Å²) in [5.41, 5.74) is 6.36. The van der Waals surface area contributed by atoms with Crippen molar-refractivity contribution in [1.29, 1.82) is 0 Å². The SMILES string of the molecule is Cc1cc(NC(=O)c2cc(Cl)ccc2CC(=O)C(C)OC(N)=O)n[nH]1. The number of aromatic nitrogens is 2. The molecule has 1 heterocycles. The molecule has 0 saturated carbocycles. The Balaban J connectivity index is 2.20. The number of carbonyl (C=O) groups excluding carboxylic acids is 3. The number of nitrogens with zero attached hydrogens (tertiary/aromatic N) is 1. The first-order valence-electron chi connectivity index (χ1n) is 7.37. The molecular weight excluding hydrogens is 348 g/mol. The van der Waals surface area contributed by atoms with Gasteiger partial charge in [-0.05, 0) is 31.5 Å². The second-order valence-electron chi connectivity index (χ2n) is 5.41. The molecule has 25 heavy (non-hydrogen) atoms. The maximum absolute atomic E-state index is 12.5. The van der Waals surface area contributed by atoms with Gasteiger partial charge in [-0.2, -0.15) is 5.10 Å². The van der Waals surface area contributed by atoms with E-state index in [0.717, 1.165) is 5.69 Å². The largest absolute Gasteiger partial charge is 0.439 e. The highest BCUT2D eigenvalue weighted by Crippen LogP contribution is 2.19. The van der Waals surface area contributed by atoms with Crippen molar-refractivity contribution in [1.82, 2.24) is 10.2 Å². The molecular formula is C16H17ClN4O4. The van der Waals surface area contributed by atoms with Crippen LogP contribution in [0.1, 0.15) is 28.5 Å². The number of halogens is 1. The number of H-pyrrole nitrogens is 1. The lowest BCUT2D eigenvalue weighted by atomic mass is 10.00. The number of aryl methyl sites for hydroxylation is 1. The van der Waals surface area contributed by atoms with Gasteiger partial charge in [0.25, 0.3) is 5.91 Å². The van der Waals surface area contributed by atoms with Crippen LogP contribution >= 0.6 is 11.6 Å². The van der Waals surface area contributed by atoms with Crippen LogP contribution in [0, 0.1) is 6.92 Å². The summed E-state index contributed by atoms with van der Waals surface area (Å²) in [6.07, 6.45) is -2.17. The fourth-order valence-corrected chi connectivity index (χ4v) is 2.32. The number of amides is 2. The normalized spacial score (nSPS) is 11.6. The van der Waals surface area contributed by atoms with Gasteiger partial charge in [-0.3, -0.25) is 14.7 Å². The van der Waals surface area contributed by atoms with E-state index in [0.29, 0.717) is 16.4 Å². The first-order valence-corrected chi connectivity index (χ1v) is 7.74. The molecule has 0 saturated heterocycles. The van der Waals surface area contributed by atoms with Crippen LogP contribution in [0.15, 0.2) is 24.3 Å². The Morgan fingerprint density at radius 1 is 1.36 bits per heavy atom. The summed E-state index contributed by atoms with van der Waals surface area (Å²) in [5.74, 6) is -0.503. The predicted molar refractivity (Wildman–Crippen MR) is 91.6 cm³/mol. The van der Waals surface area contributed by atoms with E-state index in [1.54, 1.807) is 25.1 Å². The van der Waals surface area contributed by atoms with Crippen molar-refractivity contribution in [3.8, 4) is 0 Å². The molecule has 2 amide bonds. The van der Waals surface area contributed by atoms with Crippen molar-refractivity contribution in [2.24, 2.45) is 5.73 Å². The lowest BCUT2D eigenvalue weighted by molar-refractivity contribution is -0.125. The third-order valence-electron chi connectivity index (χ3n) is 3.38. The van der Waals surface area contributed by atoms with Crippen LogP contribution in [-0.4, -0.2) is 34.1 Å². The summed E-state index contributed by atoms with van der Waals surface area (Å²) in [6.45, 7) is 3.21. The smallest absolute Gasteiger partial charge is 0.405 e. The molecule has 1 aromatic heterocycles. The van der Waals surface area contributed by atoms with Crippen LogP contribution in [0.2, 0.25) is 5.02 Å². The molecule has 0 aliphatic carbocycles. The molecule has 132 valence electrons. The van der Waals surface area contributed by atoms with Crippen LogP contribution in [0.5, 0.6) is 0 Å². The van der Waals surface area contributed by atoms with E-state index in [-0.39, 0.29) is 12.0 Å². The number of nitrogens with one attached hydrogen (secondary N) is 2. The second kappa shape index (κ2) is 7.80. The predicted octanol–water partition coefficient (Wildman–Crippen LogP) is 2.22. The van der Waals surface area contributed by atoms with Crippen molar-refractivity contribution >= 4 is 35.2 Å². The first-order chi connectivity index (χ1) is 11.8. The summed E-state index contributed by atoms with van der Waals surface area (Å²) >= 11 is 5.96. The number of anilines is 1. The Morgan fingerprint density at radius 3 is 2.68 bits per heavy atom. The third-order valence-corrected chi connectivity index (χ3v) is 3.61. The van der Waals surface area contributed by atoms with E-state index >= 15 is 0 Å². The fourth-order valence-electron chi connectivity index (χ4n) is 2.15. The summed E-state index contributed by atoms with van der Waals surface area (Å²) in [7, 11) is 0. The minimum absolute atomic E-state index is 0.117. The monoisotopic (exact) mass is 364 g/mol. The van der Waals surface area contributed by atoms with E-state index < -0.39 is 23.9 Å². The third kappa shape index (κ3) is 5.05. The average Bonchev–Trinajstić information content (AvgIpc) is 2.93. The van der Waals surface area contributed by atoms with Gasteiger partial charge in [0.15, 0.2) is 17.7 Å². The van der Waals surface area contributed by atoms with Crippen molar-refractivity contribution in [3.05, 3.63) is 46.1 Å². The Morgan fingerprint density at radius 2 is 2.08 bits per heavy atom. The van der Waals surface area contributed by atoms with Crippen LogP contribution in [-0.2, 0) is 16.0 Å². The van der Waals surface area contributed by atoms with Crippen LogP contribution in [0.3, 0.4) is 0 Å². The Hall–Kier alpha value is -2.87. The Kier molecular flexibility index (Phi) is 5.76. The second-order valence-corrected chi connectivity index (χ2v) is 5.85. The molecule has 2 rings (SSSR count). The first kappa shape index (κ1) is 18.5. The summed E-state index contributed by atoms with van der Waals surface area (Å²) < 4.78 is 4.66. The maximum atomic E-state index is 12.5. The van der Waals surface area contributed by atoms with Crippen LogP contribution < -0.4 is 11.1 Å². The molecule has 2 aromatic rings. The van der Waals surface area contributed by atoms with Gasteiger partial charge in [0.05, 0.1) is 0 Å². The molecule has 0 aliphatic heterocycles. The highest BCUT2D eigenvalue weighted by molar-refractivity contribution is 6.31. The lowest BCUT2D eigenvalue weighted by Crippen LogP contribution is -2.29. The van der Waals surface area contributed by atoms with Crippen molar-refractivity contribution in [3.63, 3.8) is 0 Å². The maximum Gasteiger partial charge on any atom is 0.405 e. The molecule has 1 aromatic carbocycles. The van der Waals surface area contributed by atoms with Crippen LogP contribution in [0.4, 0.5) is 10.6 Å². The number of primary amides is 1. The van der Waals surface area contributed by atoms with Gasteiger partial charge in [0.2, 0.25) is 0 Å². The molecule has 0 aliphatic rings. The highest BCUT2D eigenvalue weighted by Gasteiger charge is 2.21. The fraction of sp³-hybridized carbons (Fsp3) is 0.250. The minimum atomic E-state index is -1.04. The molecule has 4 N–H and O–H groups in total. The van der Waals surface area contributed by atoms with Gasteiger partial charge in [-0.1, -0.05) is 17.7 Å². The molecule has 1 unspecified atom stereocenters. The molecule has 0 spiro atoms. The van der Waals surface area contributed by atoms with Gasteiger partial charge in [0.1, 0.15) is 0 Å². The molecule has 1 atom stereocenters. The van der Waals surface area contributed by atoms with Gasteiger partial charge in [-0.15, -0.1) is 0 Å². The minimum Gasteiger partial charge on any atom is -0.439 e. The quantitative estimate of drug-likeness (QED) is 0.724. The standard InChI is InChI=1S/C16H17ClN4O4/c1-8-5-14(21-20-8)19-15(23)12-7-11(17)4-3-10(12)6-13(22)9(2)25-16(18)24/h3-5,7,9H,6H2,1-2H3,(H2,18,24)(H2,19,20,21,23). The average molecular weight is 365 g/mol. The van der Waals surface area contributed by atoms with Gasteiger partial charge >= 0.3 is 6.09 Å². The van der Waals surface area contributed by atoms with Crippen molar-refractivity contribution in [2.75, 3.05) is 5.32 Å². The van der Waals surface area contributed by atoms with E-state index in [4.69, 9.17) is 17.3 Å². The zero-order valence-corrected chi connectivity index (χ0v) is 14.4. The topological polar surface area (TPSA) is 127 Å². The number of ether oxygens (including phenoxy) is 1. The summed E-state index contributed by atoms with van der Waals surface area (Å²) in [6, 6.07) is 6.26. The number of hydrogen-bond acceptors (Lipinski definition) is 5. The van der Waals surface area contributed by atoms with Gasteiger partial charge in [-0.25, -0.2) is 4.79 Å². The number of carbonyl (C=O) groups is 3. The molecule has 0 fully saturated rings. The number of Topliss-reactive ketones (excluding diaryl/α,β-unsaturated/α-hetero) is 1. The van der Waals surface area contributed by atoms with Crippen molar-refractivity contribution < 1.29 is 19.1 Å². The lowest BCUT2D eigenvalue weighted by Gasteiger charge is -2.13. The van der Waals surface area contributed by atoms with Crippen molar-refractivity contribution in [2.45, 2.75) is 26.4 Å². The summed E-state index contributed by atoms with van der Waals surface area (Å²) in [4.78, 5) is 35.4. The highest BCUT2D eigenvalue weighted by atomic mass is 35.5. The Bertz CT molecular complexity index is 818. The molecule has 9 heteroatoms. The number of benzene rings is 1. The molecule has 0 radical (unpaired) electrons. The molecule has 8 nitrogen and oxygen atoms in total. The Labute approximate surface area is 148 Å². The van der Waals surface area contributed by atoms with E-state index in [1.165, 1.54) is 13.0 Å². The zero-order valence-electron chi connectivity index (χ0n) is 13.6. The molecule has 0 bridgehead atoms. The van der Waals surface area contributed by atoms with Gasteiger partial charge in [0, 0.05) is 28.8 Å². The number of nitrogens with two attached hydrogens (primary N) is 1. The number of aromatic amines is 1. The zero-order chi connectivity index (χ0) is 18.6. The van der Waals surface area contributed by atoms with E-state index in [9.17, 15) is 14.4 Å². The number of rotatable bonds is 6. The number of ketones is 1. The van der Waals surface area contributed by atoms with Crippen LogP contribution in [0.25, 0.3) is 0 Å².